The van der Waals surface area contributed by atoms with Gasteiger partial charge in [0.1, 0.15) is 6.10 Å². The van der Waals surface area contributed by atoms with Crippen LogP contribution >= 0.6 is 15.9 Å². The maximum absolute atomic E-state index is 11.7. The van der Waals surface area contributed by atoms with Gasteiger partial charge in [0.05, 0.1) is 6.61 Å². The second kappa shape index (κ2) is 4.96. The minimum absolute atomic E-state index is 0.363. The van der Waals surface area contributed by atoms with E-state index in [2.05, 4.69) is 20.7 Å². The second-order valence-electron chi connectivity index (χ2n) is 2.79. The number of halogens is 4. The average molecular weight is 285 g/mol. The topological polar surface area (TPSA) is 29.5 Å². The molecule has 0 aromatic heterocycles. The molecule has 0 aliphatic carbocycles. The molecule has 6 heteroatoms. The fraction of sp³-hybridized carbons (Fsp3) is 0.333. The van der Waals surface area contributed by atoms with Crippen LogP contribution < -0.4 is 0 Å². The number of hydrogen-bond donors (Lipinski definition) is 1. The van der Waals surface area contributed by atoms with Crippen LogP contribution in [0.3, 0.4) is 0 Å². The number of hydrogen-bond acceptors (Lipinski definition) is 2. The number of rotatable bonds is 3. The maximum Gasteiger partial charge on any atom is 0.522 e. The zero-order valence-electron chi connectivity index (χ0n) is 7.46. The third-order valence-corrected chi connectivity index (χ3v) is 2.39. The molecule has 15 heavy (non-hydrogen) atoms. The van der Waals surface area contributed by atoms with E-state index in [9.17, 15) is 18.3 Å². The summed E-state index contributed by atoms with van der Waals surface area (Å²) in [6.45, 7) is -0.813. The first kappa shape index (κ1) is 12.5. The van der Waals surface area contributed by atoms with Crippen LogP contribution in [0.2, 0.25) is 0 Å². The number of aliphatic hydroxyl groups is 1. The Morgan fingerprint density at radius 1 is 1.33 bits per heavy atom. The second-order valence-corrected chi connectivity index (χ2v) is 3.65. The van der Waals surface area contributed by atoms with E-state index in [4.69, 9.17) is 0 Å². The first-order valence-corrected chi connectivity index (χ1v) is 4.82. The fourth-order valence-corrected chi connectivity index (χ4v) is 1.56. The molecule has 0 bridgehead atoms. The van der Waals surface area contributed by atoms with Crippen LogP contribution in [0.25, 0.3) is 0 Å². The molecule has 0 heterocycles. The van der Waals surface area contributed by atoms with E-state index < -0.39 is 19.1 Å². The van der Waals surface area contributed by atoms with Crippen molar-refractivity contribution in [1.82, 2.24) is 0 Å². The molecule has 0 saturated carbocycles. The van der Waals surface area contributed by atoms with Gasteiger partial charge in [-0.25, -0.2) is 0 Å². The summed E-state index contributed by atoms with van der Waals surface area (Å²) in [5.41, 5.74) is 0.363. The first-order valence-electron chi connectivity index (χ1n) is 4.03. The molecule has 1 aromatic carbocycles. The fourth-order valence-electron chi connectivity index (χ4n) is 1.01. The normalized spacial score (nSPS) is 13.9. The largest absolute Gasteiger partial charge is 0.522 e. The molecule has 1 rings (SSSR count). The molecule has 1 unspecified atom stereocenters. The summed E-state index contributed by atoms with van der Waals surface area (Å²) in [5, 5.41) is 9.41. The molecule has 0 aliphatic rings. The molecule has 1 atom stereocenters. The Kier molecular flexibility index (Phi) is 4.12. The van der Waals surface area contributed by atoms with Gasteiger partial charge in [0.15, 0.2) is 0 Å². The van der Waals surface area contributed by atoms with Crippen molar-refractivity contribution in [3.05, 3.63) is 34.3 Å². The molecule has 0 saturated heterocycles. The molecular weight excluding hydrogens is 277 g/mol. The Morgan fingerprint density at radius 3 is 2.47 bits per heavy atom. The third-order valence-electron chi connectivity index (χ3n) is 1.67. The lowest BCUT2D eigenvalue weighted by atomic mass is 10.1. The minimum Gasteiger partial charge on any atom is -0.386 e. The molecule has 0 spiro atoms. The van der Waals surface area contributed by atoms with Gasteiger partial charge >= 0.3 is 6.36 Å². The average Bonchev–Trinajstić information content (AvgIpc) is 2.14. The maximum atomic E-state index is 11.7. The van der Waals surface area contributed by atoms with Gasteiger partial charge in [0, 0.05) is 4.47 Å². The highest BCUT2D eigenvalue weighted by Gasteiger charge is 2.30. The predicted octanol–water partition coefficient (Wildman–Crippen LogP) is 3.02. The number of ether oxygens (including phenoxy) is 1. The van der Waals surface area contributed by atoms with E-state index in [-0.39, 0.29) is 0 Å². The summed E-state index contributed by atoms with van der Waals surface area (Å²) < 4.78 is 39.1. The predicted molar refractivity (Wildman–Crippen MR) is 51.1 cm³/mol. The van der Waals surface area contributed by atoms with E-state index in [1.807, 2.05) is 0 Å². The van der Waals surface area contributed by atoms with Gasteiger partial charge in [0.2, 0.25) is 0 Å². The van der Waals surface area contributed by atoms with Gasteiger partial charge < -0.3 is 5.11 Å². The van der Waals surface area contributed by atoms with Crippen LogP contribution in [0.5, 0.6) is 0 Å². The van der Waals surface area contributed by atoms with Crippen LogP contribution in [-0.4, -0.2) is 18.1 Å². The van der Waals surface area contributed by atoms with Crippen LogP contribution in [0.1, 0.15) is 11.7 Å². The molecular formula is C9H8BrF3O2. The molecule has 0 aliphatic heterocycles. The van der Waals surface area contributed by atoms with Crippen molar-refractivity contribution in [1.29, 1.82) is 0 Å². The molecule has 0 amide bonds. The van der Waals surface area contributed by atoms with Crippen molar-refractivity contribution in [3.8, 4) is 0 Å². The zero-order valence-corrected chi connectivity index (χ0v) is 9.05. The van der Waals surface area contributed by atoms with E-state index in [0.29, 0.717) is 10.0 Å². The van der Waals surface area contributed by atoms with Crippen LogP contribution in [0.15, 0.2) is 28.7 Å². The van der Waals surface area contributed by atoms with Crippen molar-refractivity contribution in [2.24, 2.45) is 0 Å². The van der Waals surface area contributed by atoms with E-state index >= 15 is 0 Å². The van der Waals surface area contributed by atoms with Crippen molar-refractivity contribution in [2.45, 2.75) is 12.5 Å². The van der Waals surface area contributed by atoms with Crippen molar-refractivity contribution >= 4 is 15.9 Å². The van der Waals surface area contributed by atoms with Gasteiger partial charge in [-0.15, -0.1) is 13.2 Å². The lowest BCUT2D eigenvalue weighted by molar-refractivity contribution is -0.331. The Hall–Kier alpha value is -0.590. The summed E-state index contributed by atoms with van der Waals surface area (Å²) in [5.74, 6) is 0. The van der Waals surface area contributed by atoms with Gasteiger partial charge in [-0.05, 0) is 11.6 Å². The first-order chi connectivity index (χ1) is 6.90. The van der Waals surface area contributed by atoms with Crippen molar-refractivity contribution in [2.75, 3.05) is 6.61 Å². The van der Waals surface area contributed by atoms with Crippen molar-refractivity contribution < 1.29 is 23.0 Å². The van der Waals surface area contributed by atoms with E-state index in [1.54, 1.807) is 18.2 Å². The highest BCUT2D eigenvalue weighted by Crippen LogP contribution is 2.25. The summed E-state index contributed by atoms with van der Waals surface area (Å²) >= 11 is 3.12. The third kappa shape index (κ3) is 4.19. The van der Waals surface area contributed by atoms with Gasteiger partial charge in [-0.2, -0.15) is 0 Å². The molecule has 1 N–H and O–H groups in total. The Balaban J connectivity index is 2.62. The molecule has 84 valence electrons. The summed E-state index contributed by atoms with van der Waals surface area (Å²) in [6.07, 6.45) is -6.02. The van der Waals surface area contributed by atoms with Gasteiger partial charge in [0.25, 0.3) is 0 Å². The number of benzene rings is 1. The molecule has 0 radical (unpaired) electrons. The molecule has 1 aromatic rings. The molecule has 2 nitrogen and oxygen atoms in total. The summed E-state index contributed by atoms with van der Waals surface area (Å²) in [7, 11) is 0. The minimum atomic E-state index is -4.72. The Morgan fingerprint density at radius 2 is 1.93 bits per heavy atom. The monoisotopic (exact) mass is 284 g/mol. The lowest BCUT2D eigenvalue weighted by Crippen LogP contribution is -2.18. The van der Waals surface area contributed by atoms with E-state index in [0.717, 1.165) is 0 Å². The quantitative estimate of drug-likeness (QED) is 0.925. The Bertz CT molecular complexity index is 327. The van der Waals surface area contributed by atoms with Crippen molar-refractivity contribution in [3.63, 3.8) is 0 Å². The van der Waals surface area contributed by atoms with Gasteiger partial charge in [-0.1, -0.05) is 34.1 Å². The number of aliphatic hydroxyl groups excluding tert-OH is 1. The standard InChI is InChI=1S/C9H8BrF3O2/c10-7-4-2-1-3-6(7)8(14)5-15-9(11,12)13/h1-4,8,14H,5H2. The van der Waals surface area contributed by atoms with Crippen LogP contribution in [0.4, 0.5) is 13.2 Å². The summed E-state index contributed by atoms with van der Waals surface area (Å²) in [4.78, 5) is 0. The lowest BCUT2D eigenvalue weighted by Gasteiger charge is -2.14. The SMILES string of the molecule is OC(COC(F)(F)F)c1ccccc1Br. The summed E-state index contributed by atoms with van der Waals surface area (Å²) in [6, 6.07) is 6.47. The number of alkyl halides is 3. The van der Waals surface area contributed by atoms with Crippen LogP contribution in [-0.2, 0) is 4.74 Å². The van der Waals surface area contributed by atoms with Crippen LogP contribution in [0, 0.1) is 0 Å². The highest BCUT2D eigenvalue weighted by atomic mass is 79.9. The van der Waals surface area contributed by atoms with E-state index in [1.165, 1.54) is 6.07 Å². The highest BCUT2D eigenvalue weighted by molar-refractivity contribution is 9.10. The zero-order chi connectivity index (χ0) is 11.5. The smallest absolute Gasteiger partial charge is 0.386 e. The Labute approximate surface area is 92.8 Å². The molecule has 0 fully saturated rings. The van der Waals surface area contributed by atoms with Gasteiger partial charge in [-0.3, -0.25) is 4.74 Å².